The largest absolute Gasteiger partial charge is 0.497 e. The molecule has 7 nitrogen and oxygen atoms in total. The number of halogens is 2. The maximum Gasteiger partial charge on any atom is 0.323 e. The Kier molecular flexibility index (Phi) is 7.45. The van der Waals surface area contributed by atoms with Crippen molar-refractivity contribution in [2.24, 2.45) is 0 Å². The van der Waals surface area contributed by atoms with Crippen molar-refractivity contribution in [1.82, 2.24) is 5.32 Å². The van der Waals surface area contributed by atoms with E-state index < -0.39 is 17.7 Å². The van der Waals surface area contributed by atoms with E-state index in [1.807, 2.05) is 24.3 Å². The second-order valence-corrected chi connectivity index (χ2v) is 8.16. The first kappa shape index (κ1) is 24.0. The van der Waals surface area contributed by atoms with Gasteiger partial charge in [-0.25, -0.2) is 13.6 Å². The summed E-state index contributed by atoms with van der Waals surface area (Å²) in [6.45, 7) is 1.95. The molecule has 0 radical (unpaired) electrons. The molecule has 0 atom stereocenters. The van der Waals surface area contributed by atoms with Crippen LogP contribution in [0.3, 0.4) is 0 Å². The minimum absolute atomic E-state index is 0.154. The summed E-state index contributed by atoms with van der Waals surface area (Å²) in [4.78, 5) is 27.6. The van der Waals surface area contributed by atoms with E-state index in [4.69, 9.17) is 4.74 Å². The van der Waals surface area contributed by atoms with Crippen LogP contribution in [0, 0.1) is 11.6 Å². The molecule has 35 heavy (non-hydrogen) atoms. The van der Waals surface area contributed by atoms with Crippen molar-refractivity contribution in [1.29, 1.82) is 0 Å². The molecule has 1 fully saturated rings. The highest BCUT2D eigenvalue weighted by Gasteiger charge is 2.19. The highest BCUT2D eigenvalue weighted by molar-refractivity contribution is 6.04. The number of methoxy groups -OCH3 is 1. The Bertz CT molecular complexity index is 1230. The maximum atomic E-state index is 14.0. The van der Waals surface area contributed by atoms with Gasteiger partial charge in [-0.1, -0.05) is 12.1 Å². The van der Waals surface area contributed by atoms with Gasteiger partial charge in [-0.3, -0.25) is 4.79 Å². The lowest BCUT2D eigenvalue weighted by atomic mass is 10.1. The lowest BCUT2D eigenvalue weighted by molar-refractivity contribution is 0.0951. The molecule has 0 unspecified atom stereocenters. The van der Waals surface area contributed by atoms with Crippen LogP contribution in [0.5, 0.6) is 5.75 Å². The van der Waals surface area contributed by atoms with E-state index in [0.29, 0.717) is 29.6 Å². The van der Waals surface area contributed by atoms with Crippen LogP contribution in [-0.4, -0.2) is 32.1 Å². The second-order valence-electron chi connectivity index (χ2n) is 8.16. The van der Waals surface area contributed by atoms with Gasteiger partial charge in [-0.2, -0.15) is 0 Å². The summed E-state index contributed by atoms with van der Waals surface area (Å²) in [5.41, 5.74) is 2.27. The Morgan fingerprint density at radius 2 is 1.71 bits per heavy atom. The topological polar surface area (TPSA) is 82.7 Å². The number of nitrogens with one attached hydrogen (secondary N) is 3. The monoisotopic (exact) mass is 480 g/mol. The Morgan fingerprint density at radius 1 is 0.943 bits per heavy atom. The summed E-state index contributed by atoms with van der Waals surface area (Å²) in [7, 11) is 1.58. The molecule has 1 aliphatic heterocycles. The molecule has 3 aromatic carbocycles. The number of carbonyl (C=O) groups is 2. The van der Waals surface area contributed by atoms with Crippen molar-refractivity contribution in [3.63, 3.8) is 0 Å². The van der Waals surface area contributed by atoms with Crippen LogP contribution in [0.4, 0.5) is 30.6 Å². The predicted octanol–water partition coefficient (Wildman–Crippen LogP) is 5.15. The van der Waals surface area contributed by atoms with E-state index in [9.17, 15) is 18.4 Å². The van der Waals surface area contributed by atoms with Crippen LogP contribution in [0.25, 0.3) is 0 Å². The van der Waals surface area contributed by atoms with Crippen LogP contribution in [-0.2, 0) is 6.54 Å². The maximum absolute atomic E-state index is 14.0. The number of hydrogen-bond donors (Lipinski definition) is 3. The molecule has 182 valence electrons. The number of ether oxygens (including phenoxy) is 1. The van der Waals surface area contributed by atoms with Crippen molar-refractivity contribution < 1.29 is 23.1 Å². The van der Waals surface area contributed by atoms with Crippen LogP contribution in [0.1, 0.15) is 28.8 Å². The molecule has 3 N–H and O–H groups in total. The molecular formula is C26H26F2N4O3. The average molecular weight is 481 g/mol. The minimum Gasteiger partial charge on any atom is -0.497 e. The first-order valence-electron chi connectivity index (χ1n) is 11.3. The summed E-state index contributed by atoms with van der Waals surface area (Å²) < 4.78 is 32.3. The van der Waals surface area contributed by atoms with Gasteiger partial charge >= 0.3 is 6.03 Å². The van der Waals surface area contributed by atoms with E-state index in [0.717, 1.165) is 49.3 Å². The molecule has 3 amide bonds. The first-order valence-corrected chi connectivity index (χ1v) is 11.3. The Labute approximate surface area is 202 Å². The fourth-order valence-electron chi connectivity index (χ4n) is 3.94. The normalized spacial score (nSPS) is 12.8. The third kappa shape index (κ3) is 6.06. The van der Waals surface area contributed by atoms with E-state index in [1.165, 1.54) is 0 Å². The number of anilines is 3. The first-order chi connectivity index (χ1) is 16.9. The lowest BCUT2D eigenvalue weighted by Gasteiger charge is -2.22. The van der Waals surface area contributed by atoms with Gasteiger partial charge in [0.05, 0.1) is 24.2 Å². The minimum atomic E-state index is -0.884. The Balaban J connectivity index is 1.51. The number of amides is 3. The third-order valence-electron chi connectivity index (χ3n) is 5.72. The molecular weight excluding hydrogens is 454 g/mol. The summed E-state index contributed by atoms with van der Waals surface area (Å²) in [5.74, 6) is -1.24. The van der Waals surface area contributed by atoms with Crippen molar-refractivity contribution in [2.75, 3.05) is 35.7 Å². The van der Waals surface area contributed by atoms with Crippen molar-refractivity contribution in [3.05, 3.63) is 83.4 Å². The van der Waals surface area contributed by atoms with Crippen molar-refractivity contribution >= 4 is 29.0 Å². The molecule has 0 aromatic heterocycles. The van der Waals surface area contributed by atoms with Gasteiger partial charge in [-0.05, 0) is 60.9 Å². The zero-order valence-electron chi connectivity index (χ0n) is 19.2. The fourth-order valence-corrected chi connectivity index (χ4v) is 3.94. The SMILES string of the molecule is COc1cccc(CNC(=O)c2ccc(N3CCCC3)c(NC(=O)Nc3ccc(F)cc3F)c2)c1. The van der Waals surface area contributed by atoms with Gasteiger partial charge in [-0.15, -0.1) is 0 Å². The van der Waals surface area contributed by atoms with Crippen LogP contribution in [0.2, 0.25) is 0 Å². The lowest BCUT2D eigenvalue weighted by Crippen LogP contribution is -2.26. The molecule has 1 heterocycles. The highest BCUT2D eigenvalue weighted by Crippen LogP contribution is 2.30. The van der Waals surface area contributed by atoms with Crippen LogP contribution in [0.15, 0.2) is 60.7 Å². The van der Waals surface area contributed by atoms with Gasteiger partial charge in [0.15, 0.2) is 0 Å². The number of rotatable bonds is 7. The summed E-state index contributed by atoms with van der Waals surface area (Å²) >= 11 is 0. The number of carbonyl (C=O) groups excluding carboxylic acids is 2. The van der Waals surface area contributed by atoms with Gasteiger partial charge in [0.25, 0.3) is 5.91 Å². The number of nitrogens with zero attached hydrogens (tertiary/aromatic N) is 1. The summed E-state index contributed by atoms with van der Waals surface area (Å²) in [6, 6.07) is 14.7. The highest BCUT2D eigenvalue weighted by atomic mass is 19.1. The second kappa shape index (κ2) is 10.9. The number of benzene rings is 3. The molecule has 0 spiro atoms. The van der Waals surface area contributed by atoms with Gasteiger partial charge in [0.1, 0.15) is 17.4 Å². The molecule has 0 saturated carbocycles. The standard InChI is InChI=1S/C26H26F2N4O3/c1-35-20-6-4-5-17(13-20)16-29-25(33)18-7-10-24(32-11-2-3-12-32)23(14-18)31-26(34)30-22-9-8-19(27)15-21(22)28/h4-10,13-15H,2-3,11-12,16H2,1H3,(H,29,33)(H2,30,31,34). The van der Waals surface area contributed by atoms with Crippen molar-refractivity contribution in [2.45, 2.75) is 19.4 Å². The van der Waals surface area contributed by atoms with Crippen LogP contribution < -0.4 is 25.6 Å². The van der Waals surface area contributed by atoms with E-state index in [2.05, 4.69) is 20.9 Å². The summed E-state index contributed by atoms with van der Waals surface area (Å²) in [6.07, 6.45) is 2.05. The van der Waals surface area contributed by atoms with Crippen molar-refractivity contribution in [3.8, 4) is 5.75 Å². The zero-order valence-corrected chi connectivity index (χ0v) is 19.2. The molecule has 1 aliphatic rings. The Hall–Kier alpha value is -4.14. The predicted molar refractivity (Wildman–Crippen MR) is 131 cm³/mol. The van der Waals surface area contributed by atoms with Gasteiger partial charge in [0.2, 0.25) is 0 Å². The molecule has 4 rings (SSSR count). The Morgan fingerprint density at radius 3 is 2.46 bits per heavy atom. The van der Waals surface area contributed by atoms with E-state index in [1.54, 1.807) is 25.3 Å². The summed E-state index contributed by atoms with van der Waals surface area (Å²) in [5, 5.41) is 7.97. The average Bonchev–Trinajstić information content (AvgIpc) is 3.39. The third-order valence-corrected chi connectivity index (χ3v) is 5.72. The van der Waals surface area contributed by atoms with Gasteiger partial charge in [0, 0.05) is 31.3 Å². The fraction of sp³-hybridized carbons (Fsp3) is 0.231. The molecule has 0 aliphatic carbocycles. The molecule has 0 bridgehead atoms. The molecule has 9 heteroatoms. The van der Waals surface area contributed by atoms with E-state index >= 15 is 0 Å². The number of hydrogen-bond acceptors (Lipinski definition) is 4. The zero-order chi connectivity index (χ0) is 24.8. The van der Waals surface area contributed by atoms with Crippen LogP contribution >= 0.6 is 0 Å². The molecule has 1 saturated heterocycles. The number of urea groups is 1. The molecule has 3 aromatic rings. The smallest absolute Gasteiger partial charge is 0.323 e. The van der Waals surface area contributed by atoms with Gasteiger partial charge < -0.3 is 25.6 Å². The van der Waals surface area contributed by atoms with E-state index in [-0.39, 0.29) is 11.6 Å². The quantitative estimate of drug-likeness (QED) is 0.437.